The summed E-state index contributed by atoms with van der Waals surface area (Å²) in [6.45, 7) is 18.5. The van der Waals surface area contributed by atoms with E-state index in [9.17, 15) is 0 Å². The number of nitrogens with one attached hydrogen (secondary N) is 1. The smallest absolute Gasteiger partial charge is 0.173 e. The molecule has 1 aliphatic heterocycles. The molecule has 0 aliphatic carbocycles. The summed E-state index contributed by atoms with van der Waals surface area (Å²) in [7, 11) is 0. The lowest BCUT2D eigenvalue weighted by molar-refractivity contribution is 0.281. The number of nitrogens with zero attached hydrogens (tertiary/aromatic N) is 3. The van der Waals surface area contributed by atoms with Gasteiger partial charge >= 0.3 is 0 Å². The van der Waals surface area contributed by atoms with Crippen LogP contribution in [0.1, 0.15) is 62.3 Å². The molecule has 0 saturated carbocycles. The fraction of sp³-hybridized carbons (Fsp3) is 0.552. The van der Waals surface area contributed by atoms with E-state index in [0.29, 0.717) is 0 Å². The first-order valence-corrected chi connectivity index (χ1v) is 13.6. The lowest BCUT2D eigenvalue weighted by Gasteiger charge is -2.32. The van der Waals surface area contributed by atoms with Gasteiger partial charge in [0.15, 0.2) is 5.11 Å². The fourth-order valence-corrected chi connectivity index (χ4v) is 5.12. The minimum absolute atomic E-state index is 0.813. The van der Waals surface area contributed by atoms with E-state index in [0.717, 1.165) is 56.5 Å². The third kappa shape index (κ3) is 7.19. The van der Waals surface area contributed by atoms with E-state index in [1.165, 1.54) is 53.7 Å². The van der Waals surface area contributed by atoms with Crippen molar-refractivity contribution in [2.45, 2.75) is 66.8 Å². The van der Waals surface area contributed by atoms with E-state index in [-0.39, 0.29) is 0 Å². The van der Waals surface area contributed by atoms with E-state index in [1.807, 2.05) is 0 Å². The predicted molar refractivity (Wildman–Crippen MR) is 152 cm³/mol. The summed E-state index contributed by atoms with van der Waals surface area (Å²) in [5.41, 5.74) is 7.94. The van der Waals surface area contributed by atoms with Crippen LogP contribution in [0.5, 0.6) is 0 Å². The molecule has 34 heavy (non-hydrogen) atoms. The molecule has 1 heterocycles. The van der Waals surface area contributed by atoms with Gasteiger partial charge in [0.25, 0.3) is 0 Å². The highest BCUT2D eigenvalue weighted by Gasteiger charge is 2.18. The Morgan fingerprint density at radius 3 is 2.50 bits per heavy atom. The van der Waals surface area contributed by atoms with Gasteiger partial charge in [0.1, 0.15) is 0 Å². The summed E-state index contributed by atoms with van der Waals surface area (Å²) in [6.07, 6.45) is 4.72. The zero-order chi connectivity index (χ0) is 24.5. The molecule has 5 heteroatoms. The SMILES string of the molecule is CCCN1CCCc2cc(CN(CCCN(CC)CC)C(=S)Nc3ccc(C)c(C)c3)ccc21. The molecule has 0 amide bonds. The Morgan fingerprint density at radius 1 is 1.00 bits per heavy atom. The van der Waals surface area contributed by atoms with Crippen molar-refractivity contribution in [3.05, 3.63) is 58.7 Å². The molecule has 0 spiro atoms. The topological polar surface area (TPSA) is 21.8 Å². The van der Waals surface area contributed by atoms with E-state index in [2.05, 4.69) is 91.0 Å². The molecule has 4 nitrogen and oxygen atoms in total. The van der Waals surface area contributed by atoms with E-state index in [1.54, 1.807) is 0 Å². The minimum Gasteiger partial charge on any atom is -0.371 e. The molecular weight excluding hydrogens is 436 g/mol. The zero-order valence-electron chi connectivity index (χ0n) is 22.0. The van der Waals surface area contributed by atoms with Crippen LogP contribution in [-0.2, 0) is 13.0 Å². The quantitative estimate of drug-likeness (QED) is 0.375. The van der Waals surface area contributed by atoms with Gasteiger partial charge in [-0.2, -0.15) is 0 Å². The highest BCUT2D eigenvalue weighted by atomic mass is 32.1. The Balaban J connectivity index is 1.74. The summed E-state index contributed by atoms with van der Waals surface area (Å²) in [5, 5.41) is 4.33. The maximum absolute atomic E-state index is 5.94. The van der Waals surface area contributed by atoms with Gasteiger partial charge in [0.05, 0.1) is 0 Å². The van der Waals surface area contributed by atoms with Crippen molar-refractivity contribution in [3.8, 4) is 0 Å². The van der Waals surface area contributed by atoms with Crippen LogP contribution in [0.2, 0.25) is 0 Å². The van der Waals surface area contributed by atoms with Crippen molar-refractivity contribution in [2.24, 2.45) is 0 Å². The second kappa shape index (κ2) is 13.1. The Morgan fingerprint density at radius 2 is 1.79 bits per heavy atom. The van der Waals surface area contributed by atoms with Gasteiger partial charge in [-0.1, -0.05) is 39.0 Å². The third-order valence-corrected chi connectivity index (χ3v) is 7.43. The standard InChI is InChI=1S/C29H44N4S/c1-6-16-32-18-9-11-26-21-25(13-15-28(26)32)22-33(19-10-17-31(7-2)8-3)29(34)30-27-14-12-23(4)24(5)20-27/h12-15,20-21H,6-11,16-19,22H2,1-5H3,(H,30,34). The number of hydrogen-bond donors (Lipinski definition) is 1. The highest BCUT2D eigenvalue weighted by Crippen LogP contribution is 2.29. The molecule has 0 aromatic heterocycles. The van der Waals surface area contributed by atoms with Crippen LogP contribution >= 0.6 is 12.2 Å². The average Bonchev–Trinajstić information content (AvgIpc) is 2.83. The lowest BCUT2D eigenvalue weighted by atomic mass is 9.98. The van der Waals surface area contributed by atoms with Crippen LogP contribution in [0.25, 0.3) is 0 Å². The first-order valence-electron chi connectivity index (χ1n) is 13.2. The summed E-state index contributed by atoms with van der Waals surface area (Å²) in [5.74, 6) is 0. The number of rotatable bonds is 11. The van der Waals surface area contributed by atoms with Crippen molar-refractivity contribution in [3.63, 3.8) is 0 Å². The Labute approximate surface area is 213 Å². The number of anilines is 2. The van der Waals surface area contributed by atoms with Gasteiger partial charge in [-0.15, -0.1) is 0 Å². The second-order valence-electron chi connectivity index (χ2n) is 9.58. The van der Waals surface area contributed by atoms with Crippen LogP contribution < -0.4 is 10.2 Å². The van der Waals surface area contributed by atoms with Gasteiger partial charge in [-0.05, 0) is 112 Å². The van der Waals surface area contributed by atoms with Crippen LogP contribution in [0.3, 0.4) is 0 Å². The first kappa shape index (κ1) is 26.5. The Kier molecular flexibility index (Phi) is 10.2. The number of benzene rings is 2. The lowest BCUT2D eigenvalue weighted by Crippen LogP contribution is -2.37. The molecule has 1 aliphatic rings. The first-order chi connectivity index (χ1) is 16.4. The van der Waals surface area contributed by atoms with Crippen molar-refractivity contribution in [1.29, 1.82) is 0 Å². The third-order valence-electron chi connectivity index (χ3n) is 7.07. The van der Waals surface area contributed by atoms with Crippen molar-refractivity contribution < 1.29 is 0 Å². The van der Waals surface area contributed by atoms with Crippen molar-refractivity contribution in [1.82, 2.24) is 9.80 Å². The van der Waals surface area contributed by atoms with Gasteiger partial charge in [0, 0.05) is 37.6 Å². The summed E-state index contributed by atoms with van der Waals surface area (Å²) in [4.78, 5) is 7.39. The van der Waals surface area contributed by atoms with E-state index >= 15 is 0 Å². The van der Waals surface area contributed by atoms with E-state index < -0.39 is 0 Å². The highest BCUT2D eigenvalue weighted by molar-refractivity contribution is 7.80. The van der Waals surface area contributed by atoms with Crippen LogP contribution in [-0.4, -0.2) is 54.2 Å². The largest absolute Gasteiger partial charge is 0.371 e. The molecule has 1 N–H and O–H groups in total. The predicted octanol–water partition coefficient (Wildman–Crippen LogP) is 6.40. The van der Waals surface area contributed by atoms with Gasteiger partial charge in [-0.3, -0.25) is 0 Å². The second-order valence-corrected chi connectivity index (χ2v) is 9.97. The Hall–Kier alpha value is -2.11. The van der Waals surface area contributed by atoms with Crippen LogP contribution in [0, 0.1) is 13.8 Å². The normalized spacial score (nSPS) is 13.2. The van der Waals surface area contributed by atoms with E-state index in [4.69, 9.17) is 12.2 Å². The molecule has 0 bridgehead atoms. The van der Waals surface area contributed by atoms with Gasteiger partial charge < -0.3 is 20.0 Å². The van der Waals surface area contributed by atoms with Crippen molar-refractivity contribution in [2.75, 3.05) is 49.5 Å². The molecule has 0 radical (unpaired) electrons. The van der Waals surface area contributed by atoms with Gasteiger partial charge in [0.2, 0.25) is 0 Å². The summed E-state index contributed by atoms with van der Waals surface area (Å²) >= 11 is 5.94. The van der Waals surface area contributed by atoms with Crippen molar-refractivity contribution >= 4 is 28.7 Å². The fourth-order valence-electron chi connectivity index (χ4n) is 4.85. The summed E-state index contributed by atoms with van der Waals surface area (Å²) in [6, 6.07) is 13.6. The summed E-state index contributed by atoms with van der Waals surface area (Å²) < 4.78 is 0. The number of fused-ring (bicyclic) bond motifs is 1. The molecular formula is C29H44N4S. The monoisotopic (exact) mass is 480 g/mol. The maximum Gasteiger partial charge on any atom is 0.173 e. The molecule has 0 fully saturated rings. The van der Waals surface area contributed by atoms with Crippen LogP contribution in [0.15, 0.2) is 36.4 Å². The Bertz CT molecular complexity index is 938. The average molecular weight is 481 g/mol. The number of thiocarbonyl (C=S) groups is 1. The molecule has 2 aromatic carbocycles. The number of hydrogen-bond acceptors (Lipinski definition) is 3. The molecule has 186 valence electrons. The van der Waals surface area contributed by atoms with Crippen LogP contribution in [0.4, 0.5) is 11.4 Å². The molecule has 3 rings (SSSR count). The molecule has 0 atom stereocenters. The molecule has 0 saturated heterocycles. The zero-order valence-corrected chi connectivity index (χ0v) is 22.8. The number of aryl methyl sites for hydroxylation is 3. The molecule has 2 aromatic rings. The molecule has 0 unspecified atom stereocenters. The van der Waals surface area contributed by atoms with Gasteiger partial charge in [-0.25, -0.2) is 0 Å². The minimum atomic E-state index is 0.813. The maximum atomic E-state index is 5.94.